The molecule has 0 fully saturated rings. The van der Waals surface area contributed by atoms with Crippen molar-refractivity contribution in [2.24, 2.45) is 0 Å². The summed E-state index contributed by atoms with van der Waals surface area (Å²) in [5, 5.41) is 13.0. The van der Waals surface area contributed by atoms with Gasteiger partial charge in [0.2, 0.25) is 5.16 Å². The minimum Gasteiger partial charge on any atom is -0.231 e. The number of tetrazole rings is 1. The van der Waals surface area contributed by atoms with Crippen LogP contribution in [0.4, 0.5) is 0 Å². The molecule has 6 nitrogen and oxygen atoms in total. The van der Waals surface area contributed by atoms with Crippen molar-refractivity contribution in [3.63, 3.8) is 0 Å². The zero-order valence-electron chi connectivity index (χ0n) is 10.4. The lowest BCUT2D eigenvalue weighted by Gasteiger charge is -2.03. The second-order valence-corrected chi connectivity index (χ2v) is 5.78. The van der Waals surface area contributed by atoms with E-state index in [-0.39, 0.29) is 0 Å². The summed E-state index contributed by atoms with van der Waals surface area (Å²) in [5.41, 5.74) is 1.79. The largest absolute Gasteiger partial charge is 0.231 e. The van der Waals surface area contributed by atoms with Crippen molar-refractivity contribution in [1.82, 2.24) is 30.2 Å². The van der Waals surface area contributed by atoms with Gasteiger partial charge in [-0.05, 0) is 59.4 Å². The van der Waals surface area contributed by atoms with Crippen molar-refractivity contribution in [2.75, 3.05) is 0 Å². The molecule has 0 aliphatic rings. The number of halogens is 1. The maximum Gasteiger partial charge on any atom is 0.221 e. The number of nitrogens with zero attached hydrogens (tertiary/aromatic N) is 6. The standard InChI is InChI=1S/C12H9BrN6S/c1-8-6-7-14-11(15-8)20-12-16-17-18-19(12)10-4-2-9(13)3-5-10/h2-7H,1H3. The van der Waals surface area contributed by atoms with E-state index in [1.54, 1.807) is 10.9 Å². The maximum absolute atomic E-state index is 4.33. The molecule has 100 valence electrons. The number of aryl methyl sites for hydroxylation is 1. The van der Waals surface area contributed by atoms with Crippen molar-refractivity contribution >= 4 is 27.7 Å². The molecular weight excluding hydrogens is 340 g/mol. The normalized spacial score (nSPS) is 10.7. The van der Waals surface area contributed by atoms with Gasteiger partial charge in [0, 0.05) is 16.4 Å². The fourth-order valence-electron chi connectivity index (χ4n) is 1.54. The summed E-state index contributed by atoms with van der Waals surface area (Å²) in [6, 6.07) is 9.59. The van der Waals surface area contributed by atoms with Gasteiger partial charge in [0.1, 0.15) is 0 Å². The van der Waals surface area contributed by atoms with E-state index < -0.39 is 0 Å². The molecule has 3 aromatic rings. The van der Waals surface area contributed by atoms with Gasteiger partial charge in [0.15, 0.2) is 5.16 Å². The van der Waals surface area contributed by atoms with Crippen LogP contribution in [0.1, 0.15) is 5.69 Å². The summed E-state index contributed by atoms with van der Waals surface area (Å²) in [4.78, 5) is 8.53. The van der Waals surface area contributed by atoms with Crippen LogP contribution in [0.2, 0.25) is 0 Å². The lowest BCUT2D eigenvalue weighted by Crippen LogP contribution is -1.99. The Morgan fingerprint density at radius 3 is 2.70 bits per heavy atom. The first-order valence-corrected chi connectivity index (χ1v) is 7.35. The number of benzene rings is 1. The second-order valence-electron chi connectivity index (χ2n) is 3.93. The molecule has 0 bridgehead atoms. The molecule has 8 heteroatoms. The van der Waals surface area contributed by atoms with Crippen molar-refractivity contribution in [3.05, 3.63) is 46.7 Å². The zero-order valence-corrected chi connectivity index (χ0v) is 12.8. The third kappa shape index (κ3) is 2.86. The van der Waals surface area contributed by atoms with Crippen LogP contribution in [-0.2, 0) is 0 Å². The second kappa shape index (κ2) is 5.68. The van der Waals surface area contributed by atoms with Gasteiger partial charge in [-0.15, -0.1) is 5.10 Å². The molecule has 0 aliphatic carbocycles. The molecule has 1 aromatic carbocycles. The summed E-state index contributed by atoms with van der Waals surface area (Å²) in [5.74, 6) is 0. The molecule has 0 radical (unpaired) electrons. The van der Waals surface area contributed by atoms with E-state index >= 15 is 0 Å². The van der Waals surface area contributed by atoms with Gasteiger partial charge in [-0.2, -0.15) is 4.68 Å². The van der Waals surface area contributed by atoms with Crippen LogP contribution in [0.5, 0.6) is 0 Å². The van der Waals surface area contributed by atoms with Gasteiger partial charge in [0.05, 0.1) is 5.69 Å². The van der Waals surface area contributed by atoms with Crippen LogP contribution in [0.3, 0.4) is 0 Å². The number of hydrogen-bond donors (Lipinski definition) is 0. The molecule has 20 heavy (non-hydrogen) atoms. The summed E-state index contributed by atoms with van der Waals surface area (Å²) in [6.45, 7) is 1.92. The Morgan fingerprint density at radius 1 is 1.15 bits per heavy atom. The Balaban J connectivity index is 1.92. The first kappa shape index (κ1) is 13.2. The van der Waals surface area contributed by atoms with Gasteiger partial charge in [-0.25, -0.2) is 9.97 Å². The summed E-state index contributed by atoms with van der Waals surface area (Å²) >= 11 is 4.73. The van der Waals surface area contributed by atoms with Gasteiger partial charge in [-0.3, -0.25) is 0 Å². The third-order valence-corrected chi connectivity index (χ3v) is 3.81. The molecule has 0 spiro atoms. The lowest BCUT2D eigenvalue weighted by atomic mass is 10.3. The Kier molecular flexibility index (Phi) is 3.75. The molecule has 3 rings (SSSR count). The van der Waals surface area contributed by atoms with Crippen LogP contribution < -0.4 is 0 Å². The van der Waals surface area contributed by atoms with Gasteiger partial charge in [0.25, 0.3) is 0 Å². The Bertz CT molecular complexity index is 727. The van der Waals surface area contributed by atoms with Crippen LogP contribution in [0, 0.1) is 6.92 Å². The molecule has 0 aliphatic heterocycles. The van der Waals surface area contributed by atoms with Crippen LogP contribution >= 0.6 is 27.7 Å². The van der Waals surface area contributed by atoms with Gasteiger partial charge >= 0.3 is 0 Å². The first-order chi connectivity index (χ1) is 9.72. The number of hydrogen-bond acceptors (Lipinski definition) is 6. The van der Waals surface area contributed by atoms with Crippen LogP contribution in [0.15, 0.2) is 51.3 Å². The molecule has 0 saturated carbocycles. The molecule has 0 saturated heterocycles. The molecule has 0 unspecified atom stereocenters. The van der Waals surface area contributed by atoms with E-state index in [1.807, 2.05) is 37.3 Å². The molecule has 2 aromatic heterocycles. The van der Waals surface area contributed by atoms with Crippen molar-refractivity contribution < 1.29 is 0 Å². The minimum atomic E-state index is 0.623. The summed E-state index contributed by atoms with van der Waals surface area (Å²) in [7, 11) is 0. The predicted octanol–water partition coefficient (Wildman–Crippen LogP) is 2.67. The monoisotopic (exact) mass is 348 g/mol. The highest BCUT2D eigenvalue weighted by atomic mass is 79.9. The average Bonchev–Trinajstić information content (AvgIpc) is 2.88. The molecule has 0 amide bonds. The fourth-order valence-corrected chi connectivity index (χ4v) is 2.58. The summed E-state index contributed by atoms with van der Waals surface area (Å²) in [6.07, 6.45) is 1.72. The molecule has 0 N–H and O–H groups in total. The highest BCUT2D eigenvalue weighted by Crippen LogP contribution is 2.24. The first-order valence-electron chi connectivity index (χ1n) is 5.74. The SMILES string of the molecule is Cc1ccnc(Sc2nnnn2-c2ccc(Br)cc2)n1. The van der Waals surface area contributed by atoms with Crippen LogP contribution in [-0.4, -0.2) is 30.2 Å². The number of rotatable bonds is 3. The zero-order chi connectivity index (χ0) is 13.9. The van der Waals surface area contributed by atoms with E-state index in [4.69, 9.17) is 0 Å². The van der Waals surface area contributed by atoms with Crippen molar-refractivity contribution in [1.29, 1.82) is 0 Å². The predicted molar refractivity (Wildman–Crippen MR) is 77.7 cm³/mol. The molecular formula is C12H9BrN6S. The van der Waals surface area contributed by atoms with Gasteiger partial charge < -0.3 is 0 Å². The summed E-state index contributed by atoms with van der Waals surface area (Å²) < 4.78 is 2.66. The highest BCUT2D eigenvalue weighted by molar-refractivity contribution is 9.10. The lowest BCUT2D eigenvalue weighted by molar-refractivity contribution is 0.754. The van der Waals surface area contributed by atoms with E-state index in [0.29, 0.717) is 10.3 Å². The Labute approximate surface area is 127 Å². The number of aromatic nitrogens is 6. The van der Waals surface area contributed by atoms with Crippen LogP contribution in [0.25, 0.3) is 5.69 Å². The third-order valence-electron chi connectivity index (χ3n) is 2.47. The minimum absolute atomic E-state index is 0.623. The fraction of sp³-hybridized carbons (Fsp3) is 0.0833. The Hall–Kier alpha value is -1.80. The highest BCUT2D eigenvalue weighted by Gasteiger charge is 2.11. The quantitative estimate of drug-likeness (QED) is 0.677. The van der Waals surface area contributed by atoms with E-state index in [9.17, 15) is 0 Å². The molecule has 0 atom stereocenters. The van der Waals surface area contributed by atoms with E-state index in [2.05, 4.69) is 41.4 Å². The van der Waals surface area contributed by atoms with Gasteiger partial charge in [-0.1, -0.05) is 15.9 Å². The molecule has 2 heterocycles. The smallest absolute Gasteiger partial charge is 0.221 e. The topological polar surface area (TPSA) is 69.4 Å². The maximum atomic E-state index is 4.33. The van der Waals surface area contributed by atoms with Crippen molar-refractivity contribution in [2.45, 2.75) is 17.2 Å². The average molecular weight is 349 g/mol. The van der Waals surface area contributed by atoms with Crippen molar-refractivity contribution in [3.8, 4) is 5.69 Å². The van der Waals surface area contributed by atoms with E-state index in [0.717, 1.165) is 15.9 Å². The Morgan fingerprint density at radius 2 is 1.95 bits per heavy atom. The van der Waals surface area contributed by atoms with E-state index in [1.165, 1.54) is 11.8 Å².